The SMILES string of the molecule is Cc1cc(C)cc(Nc2ncnc(Oc3ccc4ccccc4c3)c2[N+](=O)[O-])c1. The van der Waals surface area contributed by atoms with E-state index in [2.05, 4.69) is 15.3 Å². The number of nitrogens with zero attached hydrogens (tertiary/aromatic N) is 3. The van der Waals surface area contributed by atoms with Crippen LogP contribution in [0.25, 0.3) is 10.8 Å². The topological polar surface area (TPSA) is 90.2 Å². The summed E-state index contributed by atoms with van der Waals surface area (Å²) in [5.74, 6) is 0.417. The van der Waals surface area contributed by atoms with Gasteiger partial charge in [-0.15, -0.1) is 0 Å². The first-order chi connectivity index (χ1) is 14.0. The van der Waals surface area contributed by atoms with Crippen molar-refractivity contribution in [3.05, 3.63) is 88.2 Å². The number of hydrogen-bond donors (Lipinski definition) is 1. The van der Waals surface area contributed by atoms with Crippen LogP contribution in [0.5, 0.6) is 11.6 Å². The van der Waals surface area contributed by atoms with Crippen LogP contribution in [0.2, 0.25) is 0 Å². The zero-order valence-electron chi connectivity index (χ0n) is 15.9. The fourth-order valence-corrected chi connectivity index (χ4v) is 3.22. The zero-order chi connectivity index (χ0) is 20.4. The summed E-state index contributed by atoms with van der Waals surface area (Å²) >= 11 is 0. The van der Waals surface area contributed by atoms with Gasteiger partial charge in [-0.3, -0.25) is 10.1 Å². The predicted molar refractivity (Wildman–Crippen MR) is 112 cm³/mol. The molecule has 0 aliphatic rings. The fourth-order valence-electron chi connectivity index (χ4n) is 3.22. The molecule has 0 fully saturated rings. The molecule has 1 heterocycles. The van der Waals surface area contributed by atoms with Gasteiger partial charge in [0.15, 0.2) is 0 Å². The van der Waals surface area contributed by atoms with Crippen LogP contribution in [0.3, 0.4) is 0 Å². The first kappa shape index (κ1) is 18.4. The predicted octanol–water partition coefficient (Wildman–Crippen LogP) is 5.69. The number of nitrogens with one attached hydrogen (secondary N) is 1. The highest BCUT2D eigenvalue weighted by atomic mass is 16.6. The molecule has 0 saturated carbocycles. The van der Waals surface area contributed by atoms with E-state index in [0.717, 1.165) is 21.9 Å². The van der Waals surface area contributed by atoms with Crippen molar-refractivity contribution in [2.45, 2.75) is 13.8 Å². The van der Waals surface area contributed by atoms with Crippen molar-refractivity contribution in [1.29, 1.82) is 0 Å². The van der Waals surface area contributed by atoms with E-state index in [1.807, 2.05) is 68.4 Å². The van der Waals surface area contributed by atoms with Gasteiger partial charge in [0, 0.05) is 5.69 Å². The average molecular weight is 386 g/mol. The molecular formula is C22H18N4O3. The van der Waals surface area contributed by atoms with Gasteiger partial charge in [-0.25, -0.2) is 4.98 Å². The molecule has 1 aromatic heterocycles. The van der Waals surface area contributed by atoms with Crippen LogP contribution in [-0.2, 0) is 0 Å². The molecule has 0 saturated heterocycles. The summed E-state index contributed by atoms with van der Waals surface area (Å²) in [5, 5.41) is 16.8. The summed E-state index contributed by atoms with van der Waals surface area (Å²) in [5.41, 5.74) is 2.47. The largest absolute Gasteiger partial charge is 0.434 e. The Morgan fingerprint density at radius 3 is 2.38 bits per heavy atom. The number of fused-ring (bicyclic) bond motifs is 1. The highest BCUT2D eigenvalue weighted by Gasteiger charge is 2.25. The van der Waals surface area contributed by atoms with Gasteiger partial charge in [-0.05, 0) is 60.0 Å². The number of aryl methyl sites for hydroxylation is 2. The van der Waals surface area contributed by atoms with E-state index < -0.39 is 4.92 Å². The van der Waals surface area contributed by atoms with Crippen molar-refractivity contribution < 1.29 is 9.66 Å². The van der Waals surface area contributed by atoms with E-state index >= 15 is 0 Å². The summed E-state index contributed by atoms with van der Waals surface area (Å²) in [6.07, 6.45) is 1.24. The lowest BCUT2D eigenvalue weighted by atomic mass is 10.1. The van der Waals surface area contributed by atoms with E-state index in [4.69, 9.17) is 4.74 Å². The molecule has 0 amide bonds. The molecule has 144 valence electrons. The number of aromatic nitrogens is 2. The standard InChI is InChI=1S/C22H18N4O3/c1-14-9-15(2)11-18(10-14)25-21-20(26(27)28)22(24-13-23-21)29-19-8-7-16-5-3-4-6-17(16)12-19/h3-13H,1-2H3,(H,23,24,25). The van der Waals surface area contributed by atoms with Gasteiger partial charge in [-0.1, -0.05) is 36.4 Å². The second-order valence-electron chi connectivity index (χ2n) is 6.75. The van der Waals surface area contributed by atoms with Crippen molar-refractivity contribution in [2.75, 3.05) is 5.32 Å². The van der Waals surface area contributed by atoms with Crippen LogP contribution in [-0.4, -0.2) is 14.9 Å². The van der Waals surface area contributed by atoms with Gasteiger partial charge in [0.05, 0.1) is 4.92 Å². The molecule has 7 nitrogen and oxygen atoms in total. The van der Waals surface area contributed by atoms with E-state index in [9.17, 15) is 10.1 Å². The van der Waals surface area contributed by atoms with Gasteiger partial charge in [0.2, 0.25) is 5.82 Å². The monoisotopic (exact) mass is 386 g/mol. The molecule has 29 heavy (non-hydrogen) atoms. The minimum Gasteiger partial charge on any atom is -0.434 e. The third-order valence-corrected chi connectivity index (χ3v) is 4.39. The third kappa shape index (κ3) is 3.98. The molecular weight excluding hydrogens is 368 g/mol. The minimum absolute atomic E-state index is 0.0748. The molecule has 0 spiro atoms. The molecule has 7 heteroatoms. The van der Waals surface area contributed by atoms with E-state index in [1.165, 1.54) is 6.33 Å². The first-order valence-electron chi connectivity index (χ1n) is 9.01. The number of rotatable bonds is 5. The highest BCUT2D eigenvalue weighted by molar-refractivity contribution is 5.83. The third-order valence-electron chi connectivity index (χ3n) is 4.39. The lowest BCUT2D eigenvalue weighted by Gasteiger charge is -2.11. The summed E-state index contributed by atoms with van der Waals surface area (Å²) < 4.78 is 5.77. The Balaban J connectivity index is 1.71. The van der Waals surface area contributed by atoms with Gasteiger partial charge in [0.25, 0.3) is 0 Å². The Kier molecular flexibility index (Phi) is 4.78. The number of nitro groups is 1. The van der Waals surface area contributed by atoms with E-state index in [-0.39, 0.29) is 17.4 Å². The smallest absolute Gasteiger partial charge is 0.373 e. The Hall–Kier alpha value is -4.00. The van der Waals surface area contributed by atoms with Crippen molar-refractivity contribution in [1.82, 2.24) is 9.97 Å². The summed E-state index contributed by atoms with van der Waals surface area (Å²) in [6.45, 7) is 3.92. The molecule has 0 atom stereocenters. The Labute approximate surface area is 167 Å². The number of hydrogen-bond acceptors (Lipinski definition) is 6. The quantitative estimate of drug-likeness (QED) is 0.350. The van der Waals surface area contributed by atoms with Gasteiger partial charge < -0.3 is 10.1 Å². The number of benzene rings is 3. The maximum Gasteiger partial charge on any atom is 0.373 e. The van der Waals surface area contributed by atoms with Crippen molar-refractivity contribution in [3.8, 4) is 11.6 Å². The second kappa shape index (κ2) is 7.55. The molecule has 4 aromatic rings. The van der Waals surface area contributed by atoms with Crippen LogP contribution in [0, 0.1) is 24.0 Å². The van der Waals surface area contributed by atoms with Crippen molar-refractivity contribution >= 4 is 28.0 Å². The fraction of sp³-hybridized carbons (Fsp3) is 0.0909. The van der Waals surface area contributed by atoms with Gasteiger partial charge >= 0.3 is 11.6 Å². The van der Waals surface area contributed by atoms with Crippen LogP contribution >= 0.6 is 0 Å². The molecule has 3 aromatic carbocycles. The molecule has 0 radical (unpaired) electrons. The molecule has 0 unspecified atom stereocenters. The van der Waals surface area contributed by atoms with Crippen LogP contribution in [0.1, 0.15) is 11.1 Å². The van der Waals surface area contributed by atoms with E-state index in [0.29, 0.717) is 11.4 Å². The Bertz CT molecular complexity index is 1200. The van der Waals surface area contributed by atoms with Gasteiger partial charge in [-0.2, -0.15) is 4.98 Å². The molecule has 0 aliphatic carbocycles. The van der Waals surface area contributed by atoms with Crippen molar-refractivity contribution in [3.63, 3.8) is 0 Å². The number of ether oxygens (including phenoxy) is 1. The summed E-state index contributed by atoms with van der Waals surface area (Å²) in [6, 6.07) is 19.1. The zero-order valence-corrected chi connectivity index (χ0v) is 15.9. The van der Waals surface area contributed by atoms with E-state index in [1.54, 1.807) is 6.07 Å². The average Bonchev–Trinajstić information content (AvgIpc) is 2.67. The van der Waals surface area contributed by atoms with Crippen LogP contribution in [0.4, 0.5) is 17.2 Å². The molecule has 0 bridgehead atoms. The Morgan fingerprint density at radius 2 is 1.66 bits per heavy atom. The lowest BCUT2D eigenvalue weighted by Crippen LogP contribution is -2.04. The maximum atomic E-state index is 11.8. The number of anilines is 2. The van der Waals surface area contributed by atoms with Crippen LogP contribution < -0.4 is 10.1 Å². The molecule has 0 aliphatic heterocycles. The van der Waals surface area contributed by atoms with Crippen LogP contribution in [0.15, 0.2) is 67.0 Å². The lowest BCUT2D eigenvalue weighted by molar-refractivity contribution is -0.385. The molecule has 1 N–H and O–H groups in total. The first-order valence-corrected chi connectivity index (χ1v) is 9.01. The van der Waals surface area contributed by atoms with Gasteiger partial charge in [0.1, 0.15) is 12.1 Å². The normalized spacial score (nSPS) is 10.7. The minimum atomic E-state index is -0.540. The van der Waals surface area contributed by atoms with Crippen molar-refractivity contribution in [2.24, 2.45) is 0 Å². The Morgan fingerprint density at radius 1 is 0.931 bits per heavy atom. The summed E-state index contributed by atoms with van der Waals surface area (Å²) in [4.78, 5) is 19.3. The molecule has 4 rings (SSSR count). The summed E-state index contributed by atoms with van der Waals surface area (Å²) in [7, 11) is 0. The second-order valence-corrected chi connectivity index (χ2v) is 6.75. The maximum absolute atomic E-state index is 11.8. The highest BCUT2D eigenvalue weighted by Crippen LogP contribution is 2.36.